The van der Waals surface area contributed by atoms with Gasteiger partial charge in [0.05, 0.1) is 17.8 Å². The third-order valence-electron chi connectivity index (χ3n) is 3.15. The highest BCUT2D eigenvalue weighted by molar-refractivity contribution is 7.13. The number of carbonyl (C=O) groups excluding carboxylic acids is 1. The molecule has 0 aliphatic carbocycles. The van der Waals surface area contributed by atoms with E-state index in [0.717, 1.165) is 27.5 Å². The van der Waals surface area contributed by atoms with Crippen LogP contribution in [-0.2, 0) is 4.79 Å². The molecule has 3 aromatic rings. The van der Waals surface area contributed by atoms with Crippen LogP contribution in [0, 0.1) is 0 Å². The number of halogens is 1. The molecule has 7 heteroatoms. The van der Waals surface area contributed by atoms with E-state index in [-0.39, 0.29) is 6.54 Å². The van der Waals surface area contributed by atoms with Gasteiger partial charge in [0.25, 0.3) is 0 Å². The number of hydrogen-bond donors (Lipinski definition) is 2. The van der Waals surface area contributed by atoms with Crippen molar-refractivity contribution in [3.05, 3.63) is 53.1 Å². The molecule has 0 saturated heterocycles. The lowest BCUT2D eigenvalue weighted by atomic mass is 10.2. The monoisotopic (exact) mass is 344 g/mol. The third kappa shape index (κ3) is 3.67. The molecule has 3 rings (SSSR count). The van der Waals surface area contributed by atoms with Crippen molar-refractivity contribution in [1.29, 1.82) is 0 Å². The van der Waals surface area contributed by atoms with Gasteiger partial charge >= 0.3 is 0 Å². The van der Waals surface area contributed by atoms with Crippen LogP contribution < -0.4 is 11.1 Å². The standard InChI is InChI=1S/C16H13ClN4OS/c17-11-3-1-10(2-4-11)14-9-23-16(21-14)12-7-19-6-5-13(12)20-8-15(18)22/h1-7,9H,8H2,(H2,18,22)(H,19,20). The second-order valence-electron chi connectivity index (χ2n) is 4.79. The van der Waals surface area contributed by atoms with E-state index >= 15 is 0 Å². The summed E-state index contributed by atoms with van der Waals surface area (Å²) in [5, 5.41) is 6.48. The molecule has 1 amide bonds. The normalized spacial score (nSPS) is 10.5. The fraction of sp³-hybridized carbons (Fsp3) is 0.0625. The largest absolute Gasteiger partial charge is 0.376 e. The Hall–Kier alpha value is -2.44. The zero-order valence-corrected chi connectivity index (χ0v) is 13.6. The fourth-order valence-electron chi connectivity index (χ4n) is 2.05. The van der Waals surface area contributed by atoms with Gasteiger partial charge in [-0.1, -0.05) is 23.7 Å². The second kappa shape index (κ2) is 6.76. The Balaban J connectivity index is 1.91. The average molecular weight is 345 g/mol. The number of benzene rings is 1. The quantitative estimate of drug-likeness (QED) is 0.743. The highest BCUT2D eigenvalue weighted by atomic mass is 35.5. The first-order valence-corrected chi connectivity index (χ1v) is 8.07. The number of aromatic nitrogens is 2. The predicted molar refractivity (Wildman–Crippen MR) is 93.5 cm³/mol. The summed E-state index contributed by atoms with van der Waals surface area (Å²) in [7, 11) is 0. The van der Waals surface area contributed by atoms with Crippen LogP contribution in [0.1, 0.15) is 0 Å². The fourth-order valence-corrected chi connectivity index (χ4v) is 3.03. The lowest BCUT2D eigenvalue weighted by Crippen LogP contribution is -2.22. The van der Waals surface area contributed by atoms with Crippen molar-refractivity contribution < 1.29 is 4.79 Å². The topological polar surface area (TPSA) is 80.9 Å². The summed E-state index contributed by atoms with van der Waals surface area (Å²) in [4.78, 5) is 19.7. The minimum absolute atomic E-state index is 0.0619. The number of carbonyl (C=O) groups is 1. The highest BCUT2D eigenvalue weighted by Gasteiger charge is 2.11. The molecule has 0 atom stereocenters. The molecule has 23 heavy (non-hydrogen) atoms. The van der Waals surface area contributed by atoms with Crippen molar-refractivity contribution in [2.75, 3.05) is 11.9 Å². The van der Waals surface area contributed by atoms with E-state index in [1.54, 1.807) is 18.5 Å². The summed E-state index contributed by atoms with van der Waals surface area (Å²) in [5.74, 6) is -0.422. The Morgan fingerprint density at radius 3 is 2.78 bits per heavy atom. The van der Waals surface area contributed by atoms with Crippen LogP contribution in [0.5, 0.6) is 0 Å². The lowest BCUT2D eigenvalue weighted by Gasteiger charge is -2.07. The van der Waals surface area contributed by atoms with Crippen molar-refractivity contribution in [1.82, 2.24) is 9.97 Å². The smallest absolute Gasteiger partial charge is 0.236 e. The molecule has 0 aliphatic rings. The molecule has 3 N–H and O–H groups in total. The van der Waals surface area contributed by atoms with Crippen LogP contribution in [0.3, 0.4) is 0 Å². The van der Waals surface area contributed by atoms with E-state index in [9.17, 15) is 4.79 Å². The first-order chi connectivity index (χ1) is 11.1. The Morgan fingerprint density at radius 1 is 1.26 bits per heavy atom. The van der Waals surface area contributed by atoms with Gasteiger partial charge in [-0.15, -0.1) is 11.3 Å². The molecule has 0 aliphatic heterocycles. The molecule has 2 aromatic heterocycles. The van der Waals surface area contributed by atoms with Crippen LogP contribution in [0.25, 0.3) is 21.8 Å². The number of nitrogens with one attached hydrogen (secondary N) is 1. The molecule has 0 saturated carbocycles. The van der Waals surface area contributed by atoms with E-state index in [1.165, 1.54) is 11.3 Å². The Bertz CT molecular complexity index is 832. The zero-order valence-electron chi connectivity index (χ0n) is 12.0. The predicted octanol–water partition coefficient (Wildman–Crippen LogP) is 3.42. The maximum absolute atomic E-state index is 11.0. The lowest BCUT2D eigenvalue weighted by molar-refractivity contribution is -0.116. The van der Waals surface area contributed by atoms with Crippen molar-refractivity contribution in [3.63, 3.8) is 0 Å². The number of amides is 1. The number of pyridine rings is 1. The molecule has 5 nitrogen and oxygen atoms in total. The Morgan fingerprint density at radius 2 is 2.04 bits per heavy atom. The molecule has 0 bridgehead atoms. The Kier molecular flexibility index (Phi) is 4.55. The minimum Gasteiger partial charge on any atom is -0.376 e. The zero-order chi connectivity index (χ0) is 16.2. The summed E-state index contributed by atoms with van der Waals surface area (Å²) in [6, 6.07) is 9.31. The first-order valence-electron chi connectivity index (χ1n) is 6.81. The number of rotatable bonds is 5. The van der Waals surface area contributed by atoms with E-state index < -0.39 is 5.91 Å². The average Bonchev–Trinajstić information content (AvgIpc) is 3.03. The van der Waals surface area contributed by atoms with Crippen LogP contribution in [0.15, 0.2) is 48.1 Å². The summed E-state index contributed by atoms with van der Waals surface area (Å²) in [5.41, 5.74) is 8.65. The minimum atomic E-state index is -0.422. The molecular formula is C16H13ClN4OS. The van der Waals surface area contributed by atoms with Gasteiger partial charge in [0, 0.05) is 34.0 Å². The van der Waals surface area contributed by atoms with Gasteiger partial charge in [0.1, 0.15) is 5.01 Å². The van der Waals surface area contributed by atoms with Gasteiger partial charge in [-0.25, -0.2) is 4.98 Å². The number of anilines is 1. The van der Waals surface area contributed by atoms with Gasteiger partial charge in [-0.2, -0.15) is 0 Å². The van der Waals surface area contributed by atoms with Gasteiger partial charge in [0.15, 0.2) is 0 Å². The van der Waals surface area contributed by atoms with Gasteiger partial charge in [-0.05, 0) is 18.2 Å². The van der Waals surface area contributed by atoms with E-state index in [0.29, 0.717) is 5.02 Å². The van der Waals surface area contributed by atoms with E-state index in [2.05, 4.69) is 15.3 Å². The van der Waals surface area contributed by atoms with Crippen LogP contribution >= 0.6 is 22.9 Å². The summed E-state index contributed by atoms with van der Waals surface area (Å²) >= 11 is 7.42. The number of primary amides is 1. The SMILES string of the molecule is NC(=O)CNc1ccncc1-c1nc(-c2ccc(Cl)cc2)cs1. The molecular weight excluding hydrogens is 332 g/mol. The number of thiazole rings is 1. The first kappa shape index (κ1) is 15.5. The van der Waals surface area contributed by atoms with Crippen molar-refractivity contribution in [3.8, 4) is 21.8 Å². The van der Waals surface area contributed by atoms with Crippen molar-refractivity contribution in [2.45, 2.75) is 0 Å². The van der Waals surface area contributed by atoms with Crippen LogP contribution in [0.4, 0.5) is 5.69 Å². The third-order valence-corrected chi connectivity index (χ3v) is 4.28. The molecule has 116 valence electrons. The number of nitrogens with zero attached hydrogens (tertiary/aromatic N) is 2. The second-order valence-corrected chi connectivity index (χ2v) is 6.08. The summed E-state index contributed by atoms with van der Waals surface area (Å²) in [6.07, 6.45) is 3.37. The molecule has 2 heterocycles. The van der Waals surface area contributed by atoms with Gasteiger partial charge < -0.3 is 11.1 Å². The number of hydrogen-bond acceptors (Lipinski definition) is 5. The molecule has 1 aromatic carbocycles. The molecule has 0 radical (unpaired) electrons. The summed E-state index contributed by atoms with van der Waals surface area (Å²) in [6.45, 7) is 0.0619. The maximum Gasteiger partial charge on any atom is 0.236 e. The highest BCUT2D eigenvalue weighted by Crippen LogP contribution is 2.33. The maximum atomic E-state index is 11.0. The van der Waals surface area contributed by atoms with E-state index in [1.807, 2.05) is 29.6 Å². The van der Waals surface area contributed by atoms with E-state index in [4.69, 9.17) is 17.3 Å². The van der Waals surface area contributed by atoms with Gasteiger partial charge in [-0.3, -0.25) is 9.78 Å². The van der Waals surface area contributed by atoms with Gasteiger partial charge in [0.2, 0.25) is 5.91 Å². The number of nitrogens with two attached hydrogens (primary N) is 1. The van der Waals surface area contributed by atoms with Crippen LogP contribution in [-0.4, -0.2) is 22.4 Å². The molecule has 0 unspecified atom stereocenters. The molecule has 0 fully saturated rings. The van der Waals surface area contributed by atoms with Crippen LogP contribution in [0.2, 0.25) is 5.02 Å². The molecule has 0 spiro atoms. The van der Waals surface area contributed by atoms with Crippen molar-refractivity contribution >= 4 is 34.5 Å². The summed E-state index contributed by atoms with van der Waals surface area (Å²) < 4.78 is 0. The van der Waals surface area contributed by atoms with Crippen molar-refractivity contribution in [2.24, 2.45) is 5.73 Å². The Labute approximate surface area is 142 Å².